The van der Waals surface area contributed by atoms with E-state index in [0.717, 1.165) is 18.4 Å². The quantitative estimate of drug-likeness (QED) is 0.583. The van der Waals surface area contributed by atoms with E-state index in [1.165, 1.54) is 10.4 Å². The third-order valence-corrected chi connectivity index (χ3v) is 7.60. The molecule has 0 spiro atoms. The molecule has 0 aliphatic carbocycles. The summed E-state index contributed by atoms with van der Waals surface area (Å²) in [5, 5.41) is 2.93. The number of aryl methyl sites for hydroxylation is 2. The van der Waals surface area contributed by atoms with Gasteiger partial charge in [0.2, 0.25) is 10.0 Å². The number of ether oxygens (including phenoxy) is 1. The second-order valence-corrected chi connectivity index (χ2v) is 9.63. The number of furan rings is 1. The van der Waals surface area contributed by atoms with Crippen molar-refractivity contribution in [1.82, 2.24) is 19.2 Å². The highest BCUT2D eigenvalue weighted by Crippen LogP contribution is 2.28. The van der Waals surface area contributed by atoms with Gasteiger partial charge in [0.25, 0.3) is 5.91 Å². The highest BCUT2D eigenvalue weighted by Gasteiger charge is 2.32. The minimum atomic E-state index is -3.70. The fraction of sp³-hybridized carbons (Fsp3) is 0.364. The van der Waals surface area contributed by atoms with Gasteiger partial charge < -0.3 is 19.0 Å². The van der Waals surface area contributed by atoms with E-state index >= 15 is 0 Å². The summed E-state index contributed by atoms with van der Waals surface area (Å²) in [4.78, 5) is 17.5. The highest BCUT2D eigenvalue weighted by atomic mass is 32.2. The Labute approximate surface area is 187 Å². The molecule has 170 valence electrons. The van der Waals surface area contributed by atoms with Gasteiger partial charge in [0.1, 0.15) is 28.3 Å². The maximum atomic E-state index is 13.1. The lowest BCUT2D eigenvalue weighted by molar-refractivity contribution is 0.0911. The van der Waals surface area contributed by atoms with Crippen molar-refractivity contribution in [1.29, 1.82) is 0 Å². The summed E-state index contributed by atoms with van der Waals surface area (Å²) in [6.07, 6.45) is 5.09. The minimum absolute atomic E-state index is 0.0273. The first-order valence-electron chi connectivity index (χ1n) is 10.3. The molecule has 0 radical (unpaired) electrons. The van der Waals surface area contributed by atoms with Gasteiger partial charge in [0.15, 0.2) is 5.76 Å². The molecule has 1 aromatic carbocycles. The number of carbonyl (C=O) groups excluding carboxylic acids is 1. The molecule has 1 aliphatic rings. The molecule has 1 unspecified atom stereocenters. The summed E-state index contributed by atoms with van der Waals surface area (Å²) in [5.41, 5.74) is 0.764. The topological polar surface area (TPSA) is 107 Å². The number of rotatable bonds is 7. The van der Waals surface area contributed by atoms with E-state index in [4.69, 9.17) is 9.15 Å². The lowest BCUT2D eigenvalue weighted by Crippen LogP contribution is -2.31. The number of methoxy groups -OCH3 is 1. The molecule has 1 saturated heterocycles. The first kappa shape index (κ1) is 22.1. The van der Waals surface area contributed by atoms with Crippen LogP contribution in [0.1, 0.15) is 46.6 Å². The van der Waals surface area contributed by atoms with E-state index < -0.39 is 22.0 Å². The Morgan fingerprint density at radius 3 is 2.66 bits per heavy atom. The van der Waals surface area contributed by atoms with E-state index in [0.29, 0.717) is 24.7 Å². The molecule has 3 heterocycles. The first-order chi connectivity index (χ1) is 15.3. The van der Waals surface area contributed by atoms with Crippen LogP contribution in [0.5, 0.6) is 5.75 Å². The summed E-state index contributed by atoms with van der Waals surface area (Å²) in [6.45, 7) is 2.51. The van der Waals surface area contributed by atoms with Gasteiger partial charge in [-0.1, -0.05) is 12.1 Å². The molecule has 4 rings (SSSR count). The van der Waals surface area contributed by atoms with Gasteiger partial charge in [-0.05, 0) is 37.5 Å². The van der Waals surface area contributed by atoms with Crippen molar-refractivity contribution in [3.63, 3.8) is 0 Å². The van der Waals surface area contributed by atoms with Crippen molar-refractivity contribution < 1.29 is 22.4 Å². The number of amides is 1. The largest absolute Gasteiger partial charge is 0.497 e. The highest BCUT2D eigenvalue weighted by molar-refractivity contribution is 7.89. The zero-order valence-electron chi connectivity index (χ0n) is 18.2. The Hall–Kier alpha value is -3.11. The van der Waals surface area contributed by atoms with Gasteiger partial charge >= 0.3 is 0 Å². The smallest absolute Gasteiger partial charge is 0.287 e. The zero-order chi connectivity index (χ0) is 22.9. The standard InChI is InChI=1S/C22H26N4O5S/c1-15-19(32(28,29)26-10-4-5-11-26)14-18(31-15)22(27)24-20(21-23-9-12-25(21)2)16-7-6-8-17(13-16)30-3/h6-9,12-14,20H,4-5,10-11H2,1-3H3,(H,24,27). The SMILES string of the molecule is COc1cccc(C(NC(=O)c2cc(S(=O)(=O)N3CCCC3)c(C)o2)c2nccn2C)c1. The average Bonchev–Trinajstić information content (AvgIpc) is 3.53. The average molecular weight is 459 g/mol. The molecule has 3 aromatic rings. The number of benzene rings is 1. The van der Waals surface area contributed by atoms with E-state index in [1.54, 1.807) is 31.0 Å². The number of nitrogens with one attached hydrogen (secondary N) is 1. The van der Waals surface area contributed by atoms with E-state index in [9.17, 15) is 13.2 Å². The van der Waals surface area contributed by atoms with Gasteiger partial charge in [0, 0.05) is 38.6 Å². The van der Waals surface area contributed by atoms with E-state index in [1.807, 2.05) is 31.3 Å². The molecule has 10 heteroatoms. The fourth-order valence-electron chi connectivity index (χ4n) is 3.88. The predicted molar refractivity (Wildman–Crippen MR) is 117 cm³/mol. The molecule has 9 nitrogen and oxygen atoms in total. The van der Waals surface area contributed by atoms with Crippen LogP contribution < -0.4 is 10.1 Å². The third-order valence-electron chi connectivity index (χ3n) is 5.60. The van der Waals surface area contributed by atoms with E-state index in [-0.39, 0.29) is 16.4 Å². The molecule has 1 atom stereocenters. The number of sulfonamides is 1. The maximum absolute atomic E-state index is 13.1. The molecule has 1 fully saturated rings. The van der Waals surface area contributed by atoms with Gasteiger partial charge in [-0.25, -0.2) is 13.4 Å². The molecule has 1 N–H and O–H groups in total. The summed E-state index contributed by atoms with van der Waals surface area (Å²) in [6, 6.07) is 8.02. The van der Waals surface area contributed by atoms with Crippen molar-refractivity contribution in [2.24, 2.45) is 7.05 Å². The number of aromatic nitrogens is 2. The minimum Gasteiger partial charge on any atom is -0.497 e. The van der Waals surface area contributed by atoms with Crippen LogP contribution in [0.15, 0.2) is 52.0 Å². The predicted octanol–water partition coefficient (Wildman–Crippen LogP) is 2.63. The lowest BCUT2D eigenvalue weighted by Gasteiger charge is -2.19. The number of hydrogen-bond donors (Lipinski definition) is 1. The van der Waals surface area contributed by atoms with Crippen molar-refractivity contribution >= 4 is 15.9 Å². The van der Waals surface area contributed by atoms with Crippen LogP contribution in [0.3, 0.4) is 0 Å². The molecule has 1 amide bonds. The van der Waals surface area contributed by atoms with Crippen LogP contribution in [-0.2, 0) is 17.1 Å². The monoisotopic (exact) mass is 458 g/mol. The van der Waals surface area contributed by atoms with Gasteiger partial charge in [0.05, 0.1) is 7.11 Å². The Morgan fingerprint density at radius 1 is 1.25 bits per heavy atom. The fourth-order valence-corrected chi connectivity index (χ4v) is 5.55. The van der Waals surface area contributed by atoms with Crippen molar-refractivity contribution in [2.75, 3.05) is 20.2 Å². The molecule has 0 saturated carbocycles. The number of carbonyl (C=O) groups is 1. The first-order valence-corrected chi connectivity index (χ1v) is 11.8. The van der Waals surface area contributed by atoms with Crippen molar-refractivity contribution in [3.05, 3.63) is 65.6 Å². The second-order valence-electron chi connectivity index (χ2n) is 7.72. The summed E-state index contributed by atoms with van der Waals surface area (Å²) < 4.78 is 40.0. The molecular formula is C22H26N4O5S. The Kier molecular flexibility index (Phi) is 6.07. The van der Waals surface area contributed by atoms with Crippen LogP contribution in [-0.4, -0.2) is 48.4 Å². The van der Waals surface area contributed by atoms with Gasteiger partial charge in [-0.15, -0.1) is 0 Å². The second kappa shape index (κ2) is 8.79. The summed E-state index contributed by atoms with van der Waals surface area (Å²) >= 11 is 0. The Bertz CT molecular complexity index is 1220. The molecule has 32 heavy (non-hydrogen) atoms. The molecular weight excluding hydrogens is 432 g/mol. The van der Waals surface area contributed by atoms with Crippen LogP contribution >= 0.6 is 0 Å². The molecule has 2 aromatic heterocycles. The van der Waals surface area contributed by atoms with Crippen molar-refractivity contribution in [3.8, 4) is 5.75 Å². The molecule has 0 bridgehead atoms. The van der Waals surface area contributed by atoms with Crippen molar-refractivity contribution in [2.45, 2.75) is 30.7 Å². The lowest BCUT2D eigenvalue weighted by atomic mass is 10.1. The molecule has 1 aliphatic heterocycles. The zero-order valence-corrected chi connectivity index (χ0v) is 19.1. The van der Waals surface area contributed by atoms with Crippen LogP contribution in [0.4, 0.5) is 0 Å². The number of hydrogen-bond acceptors (Lipinski definition) is 6. The van der Waals surface area contributed by atoms with Crippen LogP contribution in [0.25, 0.3) is 0 Å². The Balaban J connectivity index is 1.65. The maximum Gasteiger partial charge on any atom is 0.287 e. The summed E-state index contributed by atoms with van der Waals surface area (Å²) in [7, 11) is -0.291. The third kappa shape index (κ3) is 4.15. The van der Waals surface area contributed by atoms with Gasteiger partial charge in [-0.3, -0.25) is 4.79 Å². The van der Waals surface area contributed by atoms with Crippen LogP contribution in [0.2, 0.25) is 0 Å². The normalized spacial score (nSPS) is 15.6. The number of nitrogens with zero attached hydrogens (tertiary/aromatic N) is 3. The number of imidazole rings is 1. The Morgan fingerprint density at radius 2 is 2.00 bits per heavy atom. The summed E-state index contributed by atoms with van der Waals surface area (Å²) in [5.74, 6) is 0.842. The van der Waals surface area contributed by atoms with Gasteiger partial charge in [-0.2, -0.15) is 4.31 Å². The van der Waals surface area contributed by atoms with Crippen LogP contribution in [0, 0.1) is 6.92 Å². The van der Waals surface area contributed by atoms with E-state index in [2.05, 4.69) is 10.3 Å².